The number of anilines is 1. The highest BCUT2D eigenvalue weighted by Crippen LogP contribution is 2.28. The highest BCUT2D eigenvalue weighted by Gasteiger charge is 2.13. The average Bonchev–Trinajstić information content (AvgIpc) is 2.54. The molecule has 1 aromatic heterocycles. The molecule has 0 N–H and O–H groups in total. The van der Waals surface area contributed by atoms with Crippen LogP contribution in [0.3, 0.4) is 0 Å². The number of piperidine rings is 1. The topological polar surface area (TPSA) is 16.1 Å². The van der Waals surface area contributed by atoms with Crippen molar-refractivity contribution in [3.05, 3.63) is 9.98 Å². The van der Waals surface area contributed by atoms with Crippen molar-refractivity contribution in [1.82, 2.24) is 4.98 Å². The SMILES string of the molecule is Brc1cnc(N2CCCCC2)s1. The molecular weight excluding hydrogens is 236 g/mol. The zero-order chi connectivity index (χ0) is 8.39. The Morgan fingerprint density at radius 3 is 2.67 bits per heavy atom. The summed E-state index contributed by atoms with van der Waals surface area (Å²) in [6, 6.07) is 0. The van der Waals surface area contributed by atoms with Gasteiger partial charge >= 0.3 is 0 Å². The van der Waals surface area contributed by atoms with Crippen molar-refractivity contribution in [3.8, 4) is 0 Å². The zero-order valence-electron chi connectivity index (χ0n) is 6.79. The Labute approximate surface area is 84.7 Å². The molecule has 2 rings (SSSR count). The van der Waals surface area contributed by atoms with Crippen molar-refractivity contribution in [2.24, 2.45) is 0 Å². The van der Waals surface area contributed by atoms with Crippen LogP contribution in [0, 0.1) is 0 Å². The Balaban J connectivity index is 2.08. The smallest absolute Gasteiger partial charge is 0.186 e. The lowest BCUT2D eigenvalue weighted by Gasteiger charge is -2.25. The molecule has 0 unspecified atom stereocenters. The first-order valence-electron chi connectivity index (χ1n) is 4.22. The van der Waals surface area contributed by atoms with Gasteiger partial charge in [0.25, 0.3) is 0 Å². The summed E-state index contributed by atoms with van der Waals surface area (Å²) in [5.74, 6) is 0. The van der Waals surface area contributed by atoms with E-state index in [1.165, 1.54) is 37.5 Å². The first kappa shape index (κ1) is 8.51. The van der Waals surface area contributed by atoms with Gasteiger partial charge in [0.1, 0.15) is 0 Å². The second-order valence-electron chi connectivity index (χ2n) is 2.99. The number of hydrogen-bond donors (Lipinski definition) is 0. The van der Waals surface area contributed by atoms with Gasteiger partial charge in [0.2, 0.25) is 0 Å². The summed E-state index contributed by atoms with van der Waals surface area (Å²) in [7, 11) is 0. The first-order valence-corrected chi connectivity index (χ1v) is 5.83. The molecule has 1 aliphatic rings. The Hall–Kier alpha value is -0.0900. The van der Waals surface area contributed by atoms with Crippen LogP contribution in [0.15, 0.2) is 9.98 Å². The summed E-state index contributed by atoms with van der Waals surface area (Å²) in [6.07, 6.45) is 5.89. The fourth-order valence-corrected chi connectivity index (χ4v) is 2.71. The van der Waals surface area contributed by atoms with Crippen LogP contribution in [0.1, 0.15) is 19.3 Å². The third kappa shape index (κ3) is 1.80. The van der Waals surface area contributed by atoms with Crippen LogP contribution in [0.5, 0.6) is 0 Å². The second-order valence-corrected chi connectivity index (χ2v) is 5.38. The van der Waals surface area contributed by atoms with Gasteiger partial charge in [0.15, 0.2) is 5.13 Å². The normalized spacial score (nSPS) is 18.2. The monoisotopic (exact) mass is 246 g/mol. The molecule has 0 bridgehead atoms. The second kappa shape index (κ2) is 3.75. The number of halogens is 1. The minimum Gasteiger partial charge on any atom is -0.348 e. The van der Waals surface area contributed by atoms with Gasteiger partial charge in [0, 0.05) is 13.1 Å². The van der Waals surface area contributed by atoms with E-state index in [-0.39, 0.29) is 0 Å². The van der Waals surface area contributed by atoms with Crippen LogP contribution in [-0.2, 0) is 0 Å². The minimum absolute atomic E-state index is 1.13. The third-order valence-electron chi connectivity index (χ3n) is 2.09. The predicted molar refractivity (Wildman–Crippen MR) is 55.9 cm³/mol. The Kier molecular flexibility index (Phi) is 2.66. The van der Waals surface area contributed by atoms with Crippen molar-refractivity contribution in [2.45, 2.75) is 19.3 Å². The summed E-state index contributed by atoms with van der Waals surface area (Å²) in [5, 5.41) is 1.17. The van der Waals surface area contributed by atoms with E-state index in [9.17, 15) is 0 Å². The Morgan fingerprint density at radius 2 is 2.08 bits per heavy atom. The van der Waals surface area contributed by atoms with Crippen LogP contribution in [0.4, 0.5) is 5.13 Å². The molecule has 1 aromatic rings. The lowest BCUT2D eigenvalue weighted by atomic mass is 10.1. The average molecular weight is 247 g/mol. The van der Waals surface area contributed by atoms with Gasteiger partial charge in [-0.05, 0) is 35.2 Å². The molecule has 0 amide bonds. The standard InChI is InChI=1S/C8H11BrN2S/c9-7-6-10-8(12-7)11-4-2-1-3-5-11/h6H,1-5H2. The molecule has 2 nitrogen and oxygen atoms in total. The minimum atomic E-state index is 1.13. The molecule has 4 heteroatoms. The van der Waals surface area contributed by atoms with Gasteiger partial charge in [0.05, 0.1) is 9.98 Å². The van der Waals surface area contributed by atoms with Gasteiger partial charge in [-0.2, -0.15) is 0 Å². The molecule has 12 heavy (non-hydrogen) atoms. The summed E-state index contributed by atoms with van der Waals surface area (Å²) in [6.45, 7) is 2.36. The van der Waals surface area contributed by atoms with E-state index in [0.29, 0.717) is 0 Å². The molecule has 0 spiro atoms. The molecular formula is C8H11BrN2S. The van der Waals surface area contributed by atoms with Crippen LogP contribution < -0.4 is 4.90 Å². The van der Waals surface area contributed by atoms with E-state index >= 15 is 0 Å². The van der Waals surface area contributed by atoms with Gasteiger partial charge in [-0.3, -0.25) is 0 Å². The number of nitrogens with zero attached hydrogens (tertiary/aromatic N) is 2. The highest BCUT2D eigenvalue weighted by molar-refractivity contribution is 9.11. The molecule has 0 atom stereocenters. The van der Waals surface area contributed by atoms with Gasteiger partial charge in [-0.1, -0.05) is 11.3 Å². The first-order chi connectivity index (χ1) is 5.86. The van der Waals surface area contributed by atoms with Crippen LogP contribution in [0.25, 0.3) is 0 Å². The number of thiazole rings is 1. The van der Waals surface area contributed by atoms with E-state index in [1.807, 2.05) is 6.20 Å². The van der Waals surface area contributed by atoms with E-state index in [0.717, 1.165) is 3.79 Å². The van der Waals surface area contributed by atoms with Crippen molar-refractivity contribution >= 4 is 32.4 Å². The molecule has 2 heterocycles. The van der Waals surface area contributed by atoms with Gasteiger partial charge in [-0.25, -0.2) is 4.98 Å². The van der Waals surface area contributed by atoms with Gasteiger partial charge in [-0.15, -0.1) is 0 Å². The maximum Gasteiger partial charge on any atom is 0.186 e. The molecule has 66 valence electrons. The third-order valence-corrected chi connectivity index (χ3v) is 3.63. The fourth-order valence-electron chi connectivity index (χ4n) is 1.48. The Bertz CT molecular complexity index is 255. The van der Waals surface area contributed by atoms with Crippen molar-refractivity contribution in [1.29, 1.82) is 0 Å². The number of rotatable bonds is 1. The van der Waals surface area contributed by atoms with Crippen molar-refractivity contribution in [3.63, 3.8) is 0 Å². The molecule has 0 saturated carbocycles. The van der Waals surface area contributed by atoms with E-state index in [2.05, 4.69) is 25.8 Å². The van der Waals surface area contributed by atoms with Crippen LogP contribution in [0.2, 0.25) is 0 Å². The number of hydrogen-bond acceptors (Lipinski definition) is 3. The highest BCUT2D eigenvalue weighted by atomic mass is 79.9. The quantitative estimate of drug-likeness (QED) is 0.758. The lowest BCUT2D eigenvalue weighted by molar-refractivity contribution is 0.577. The fraction of sp³-hybridized carbons (Fsp3) is 0.625. The summed E-state index contributed by atoms with van der Waals surface area (Å²) < 4.78 is 1.13. The van der Waals surface area contributed by atoms with Crippen LogP contribution in [-0.4, -0.2) is 18.1 Å². The zero-order valence-corrected chi connectivity index (χ0v) is 9.20. The number of aromatic nitrogens is 1. The van der Waals surface area contributed by atoms with Crippen LogP contribution >= 0.6 is 27.3 Å². The molecule has 0 radical (unpaired) electrons. The maximum atomic E-state index is 4.34. The summed E-state index contributed by atoms with van der Waals surface area (Å²) >= 11 is 5.15. The van der Waals surface area contributed by atoms with Gasteiger partial charge < -0.3 is 4.90 Å². The van der Waals surface area contributed by atoms with E-state index in [4.69, 9.17) is 0 Å². The van der Waals surface area contributed by atoms with Crippen molar-refractivity contribution in [2.75, 3.05) is 18.0 Å². The van der Waals surface area contributed by atoms with Crippen molar-refractivity contribution < 1.29 is 0 Å². The Morgan fingerprint density at radius 1 is 1.33 bits per heavy atom. The molecule has 1 fully saturated rings. The molecule has 0 aromatic carbocycles. The van der Waals surface area contributed by atoms with E-state index in [1.54, 1.807) is 11.3 Å². The maximum absolute atomic E-state index is 4.34. The predicted octanol–water partition coefficient (Wildman–Crippen LogP) is 2.90. The lowest BCUT2D eigenvalue weighted by Crippen LogP contribution is -2.29. The molecule has 0 aliphatic carbocycles. The molecule has 1 aliphatic heterocycles. The summed E-state index contributed by atoms with van der Waals surface area (Å²) in [5.41, 5.74) is 0. The largest absolute Gasteiger partial charge is 0.348 e. The molecule has 1 saturated heterocycles. The summed E-state index contributed by atoms with van der Waals surface area (Å²) in [4.78, 5) is 6.71. The van der Waals surface area contributed by atoms with E-state index < -0.39 is 0 Å².